The summed E-state index contributed by atoms with van der Waals surface area (Å²) in [7, 11) is 0. The predicted molar refractivity (Wildman–Crippen MR) is 60.6 cm³/mol. The van der Waals surface area contributed by atoms with Crippen molar-refractivity contribution in [1.82, 2.24) is 0 Å². The Morgan fingerprint density at radius 3 is 2.83 bits per heavy atom. The lowest BCUT2D eigenvalue weighted by molar-refractivity contribution is -0.387. The first-order valence-corrected chi connectivity index (χ1v) is 5.36. The molecule has 0 fully saturated rings. The second-order valence-electron chi connectivity index (χ2n) is 4.50. The summed E-state index contributed by atoms with van der Waals surface area (Å²) in [6, 6.07) is 2.72. The van der Waals surface area contributed by atoms with Crippen molar-refractivity contribution in [2.24, 2.45) is 0 Å². The van der Waals surface area contributed by atoms with E-state index < -0.39 is 34.7 Å². The van der Waals surface area contributed by atoms with Crippen molar-refractivity contribution in [1.29, 1.82) is 0 Å². The summed E-state index contributed by atoms with van der Waals surface area (Å²) in [6.07, 6.45) is -0.540. The Kier molecular flexibility index (Phi) is 2.88. The van der Waals surface area contributed by atoms with Crippen LogP contribution in [-0.4, -0.2) is 38.6 Å². The first-order valence-electron chi connectivity index (χ1n) is 5.36. The first-order chi connectivity index (χ1) is 8.36. The molecule has 0 unspecified atom stereocenters. The van der Waals surface area contributed by atoms with E-state index in [9.17, 15) is 20.3 Å². The SMILES string of the molecule is C[C@@](O)(CO)[C@H]1Cc2ccc(O)c([N+](=O)[O-])c2O1. The van der Waals surface area contributed by atoms with Crippen LogP contribution in [0.3, 0.4) is 0 Å². The molecule has 1 aliphatic rings. The van der Waals surface area contributed by atoms with Crippen LogP contribution in [0.2, 0.25) is 0 Å². The van der Waals surface area contributed by atoms with Crippen LogP contribution >= 0.6 is 0 Å². The van der Waals surface area contributed by atoms with Crippen LogP contribution < -0.4 is 4.74 Å². The molecule has 0 aromatic heterocycles. The lowest BCUT2D eigenvalue weighted by atomic mass is 9.96. The zero-order chi connectivity index (χ0) is 13.5. The Balaban J connectivity index is 2.41. The van der Waals surface area contributed by atoms with Gasteiger partial charge in [-0.25, -0.2) is 0 Å². The summed E-state index contributed by atoms with van der Waals surface area (Å²) in [4.78, 5) is 10.1. The zero-order valence-corrected chi connectivity index (χ0v) is 9.66. The van der Waals surface area contributed by atoms with Crippen LogP contribution in [0.15, 0.2) is 12.1 Å². The molecule has 18 heavy (non-hydrogen) atoms. The molecule has 0 saturated carbocycles. The molecule has 7 heteroatoms. The topological polar surface area (TPSA) is 113 Å². The van der Waals surface area contributed by atoms with Crippen molar-refractivity contribution < 1.29 is 25.0 Å². The van der Waals surface area contributed by atoms with Crippen LogP contribution in [0.5, 0.6) is 11.5 Å². The van der Waals surface area contributed by atoms with Gasteiger partial charge in [0.2, 0.25) is 5.75 Å². The van der Waals surface area contributed by atoms with Crippen molar-refractivity contribution >= 4 is 5.69 Å². The van der Waals surface area contributed by atoms with E-state index in [1.54, 1.807) is 0 Å². The normalized spacial score (nSPS) is 20.9. The predicted octanol–water partition coefficient (Wildman–Crippen LogP) is 0.347. The third kappa shape index (κ3) is 1.87. The number of phenolic OH excluding ortho intramolecular Hbond substituents is 1. The molecule has 0 spiro atoms. The highest BCUT2D eigenvalue weighted by atomic mass is 16.6. The Morgan fingerprint density at radius 1 is 1.61 bits per heavy atom. The summed E-state index contributed by atoms with van der Waals surface area (Å²) in [6.45, 7) is 0.862. The molecule has 1 heterocycles. The smallest absolute Gasteiger partial charge is 0.352 e. The number of hydrogen-bond donors (Lipinski definition) is 3. The minimum atomic E-state index is -1.50. The number of ether oxygens (including phenoxy) is 1. The van der Waals surface area contributed by atoms with E-state index >= 15 is 0 Å². The molecule has 98 valence electrons. The van der Waals surface area contributed by atoms with E-state index in [-0.39, 0.29) is 12.2 Å². The maximum absolute atomic E-state index is 10.9. The van der Waals surface area contributed by atoms with Gasteiger partial charge in [0.05, 0.1) is 11.5 Å². The second kappa shape index (κ2) is 4.11. The number of nitrogens with zero attached hydrogens (tertiary/aromatic N) is 1. The van der Waals surface area contributed by atoms with E-state index in [1.807, 2.05) is 0 Å². The van der Waals surface area contributed by atoms with Gasteiger partial charge in [-0.1, -0.05) is 6.07 Å². The minimum Gasteiger partial charge on any atom is -0.502 e. The van der Waals surface area contributed by atoms with Gasteiger partial charge in [-0.3, -0.25) is 10.1 Å². The Morgan fingerprint density at radius 2 is 2.28 bits per heavy atom. The number of benzene rings is 1. The summed E-state index contributed by atoms with van der Waals surface area (Å²) < 4.78 is 5.32. The molecule has 0 amide bonds. The highest BCUT2D eigenvalue weighted by molar-refractivity contribution is 5.62. The molecule has 7 nitrogen and oxygen atoms in total. The molecule has 1 aromatic rings. The quantitative estimate of drug-likeness (QED) is 0.530. The number of rotatable bonds is 3. The van der Waals surface area contributed by atoms with Crippen LogP contribution in [0.4, 0.5) is 5.69 Å². The molecule has 1 aromatic carbocycles. The molecule has 2 rings (SSSR count). The fourth-order valence-electron chi connectivity index (χ4n) is 1.90. The summed E-state index contributed by atoms with van der Waals surface area (Å²) in [5, 5.41) is 39.3. The average Bonchev–Trinajstić information content (AvgIpc) is 2.72. The van der Waals surface area contributed by atoms with Crippen molar-refractivity contribution in [2.45, 2.75) is 25.0 Å². The number of phenols is 1. The number of hydrogen-bond acceptors (Lipinski definition) is 6. The second-order valence-corrected chi connectivity index (χ2v) is 4.50. The average molecular weight is 255 g/mol. The maximum Gasteiger partial charge on any atom is 0.352 e. The minimum absolute atomic E-state index is 0.0428. The summed E-state index contributed by atoms with van der Waals surface area (Å²) in [5.74, 6) is -0.526. The van der Waals surface area contributed by atoms with Gasteiger partial charge in [0.15, 0.2) is 5.75 Å². The van der Waals surface area contributed by atoms with Crippen molar-refractivity contribution in [3.05, 3.63) is 27.8 Å². The van der Waals surface area contributed by atoms with Gasteiger partial charge in [-0.15, -0.1) is 0 Å². The number of aromatic hydroxyl groups is 1. The molecule has 0 bridgehead atoms. The molecule has 0 radical (unpaired) electrons. The monoisotopic (exact) mass is 255 g/mol. The van der Waals surface area contributed by atoms with Gasteiger partial charge in [0.25, 0.3) is 0 Å². The van der Waals surface area contributed by atoms with Crippen LogP contribution in [0.1, 0.15) is 12.5 Å². The van der Waals surface area contributed by atoms with Crippen molar-refractivity contribution in [3.63, 3.8) is 0 Å². The van der Waals surface area contributed by atoms with Crippen LogP contribution in [0, 0.1) is 10.1 Å². The molecule has 3 N–H and O–H groups in total. The summed E-state index contributed by atoms with van der Waals surface area (Å²) in [5.41, 5.74) is -1.48. The van der Waals surface area contributed by atoms with Gasteiger partial charge in [-0.05, 0) is 13.0 Å². The molecule has 1 aliphatic heterocycles. The first kappa shape index (κ1) is 12.6. The van der Waals surface area contributed by atoms with E-state index in [4.69, 9.17) is 9.84 Å². The Bertz CT molecular complexity index is 499. The molecule has 2 atom stereocenters. The van der Waals surface area contributed by atoms with E-state index in [0.717, 1.165) is 0 Å². The number of nitro benzene ring substituents is 1. The Labute approximate surface area is 102 Å². The lowest BCUT2D eigenvalue weighted by Gasteiger charge is -2.26. The number of aliphatic hydroxyl groups excluding tert-OH is 1. The van der Waals surface area contributed by atoms with Gasteiger partial charge in [-0.2, -0.15) is 0 Å². The van der Waals surface area contributed by atoms with Crippen molar-refractivity contribution in [2.75, 3.05) is 6.61 Å². The number of fused-ring (bicyclic) bond motifs is 1. The molecular formula is C11H13NO6. The lowest BCUT2D eigenvalue weighted by Crippen LogP contribution is -2.45. The highest BCUT2D eigenvalue weighted by Gasteiger charge is 2.41. The molecule has 0 aliphatic carbocycles. The third-order valence-corrected chi connectivity index (χ3v) is 3.05. The molecular weight excluding hydrogens is 242 g/mol. The van der Waals surface area contributed by atoms with Crippen LogP contribution in [0.25, 0.3) is 0 Å². The van der Waals surface area contributed by atoms with Crippen molar-refractivity contribution in [3.8, 4) is 11.5 Å². The van der Waals surface area contributed by atoms with E-state index in [0.29, 0.717) is 5.56 Å². The standard InChI is InChI=1S/C11H13NO6/c1-11(15,5-13)8-4-6-2-3-7(14)9(12(16)17)10(6)18-8/h2-3,8,13-15H,4-5H2,1H3/t8-,11-/m1/s1. The highest BCUT2D eigenvalue weighted by Crippen LogP contribution is 2.44. The van der Waals surface area contributed by atoms with E-state index in [2.05, 4.69) is 0 Å². The largest absolute Gasteiger partial charge is 0.502 e. The third-order valence-electron chi connectivity index (χ3n) is 3.05. The summed E-state index contributed by atoms with van der Waals surface area (Å²) >= 11 is 0. The fourth-order valence-corrected chi connectivity index (χ4v) is 1.90. The molecule has 0 saturated heterocycles. The maximum atomic E-state index is 10.9. The van der Waals surface area contributed by atoms with Gasteiger partial charge in [0, 0.05) is 12.0 Å². The van der Waals surface area contributed by atoms with E-state index in [1.165, 1.54) is 19.1 Å². The Hall–Kier alpha value is -1.86. The fraction of sp³-hybridized carbons (Fsp3) is 0.455. The zero-order valence-electron chi connectivity index (χ0n) is 9.66. The number of nitro groups is 1. The van der Waals surface area contributed by atoms with Gasteiger partial charge in [0.1, 0.15) is 11.7 Å². The van der Waals surface area contributed by atoms with Gasteiger partial charge < -0.3 is 20.1 Å². The van der Waals surface area contributed by atoms with Gasteiger partial charge >= 0.3 is 5.69 Å². The number of aliphatic hydroxyl groups is 2. The van der Waals surface area contributed by atoms with Crippen LogP contribution in [-0.2, 0) is 6.42 Å².